The van der Waals surface area contributed by atoms with Crippen LogP contribution in [0.15, 0.2) is 6.07 Å². The number of methoxy groups -OCH3 is 3. The number of likely N-dealkylation sites (tertiary alicyclic amines) is 1. The third-order valence-corrected chi connectivity index (χ3v) is 5.28. The summed E-state index contributed by atoms with van der Waals surface area (Å²) in [5, 5.41) is 14.6. The van der Waals surface area contributed by atoms with Crippen molar-refractivity contribution in [2.45, 2.75) is 45.1 Å². The zero-order chi connectivity index (χ0) is 21.4. The van der Waals surface area contributed by atoms with Gasteiger partial charge in [-0.25, -0.2) is 0 Å². The second kappa shape index (κ2) is 10.8. The number of hydrogen-bond donors (Lipinski definition) is 1. The lowest BCUT2D eigenvalue weighted by Gasteiger charge is -2.35. The summed E-state index contributed by atoms with van der Waals surface area (Å²) in [6.45, 7) is 4.62. The standard InChI is InChI=1S/C20H31N3O6/c1-5-6-10-22-11-8-7-9-14(22)13-21-20(24)15-12-16(27-2)18(28-3)19(29-4)17(15)23(25)26/h12,14H,5-11,13H2,1-4H3,(H,21,24). The Morgan fingerprint density at radius 1 is 1.24 bits per heavy atom. The van der Waals surface area contributed by atoms with Crippen molar-refractivity contribution in [1.29, 1.82) is 0 Å². The lowest BCUT2D eigenvalue weighted by Crippen LogP contribution is -2.47. The Morgan fingerprint density at radius 2 is 1.97 bits per heavy atom. The van der Waals surface area contributed by atoms with Crippen LogP contribution in [-0.2, 0) is 0 Å². The number of nitrogens with one attached hydrogen (secondary N) is 1. The van der Waals surface area contributed by atoms with E-state index in [2.05, 4.69) is 17.1 Å². The predicted octanol–water partition coefficient (Wildman–Crippen LogP) is 3.01. The molecule has 1 aromatic rings. The van der Waals surface area contributed by atoms with Gasteiger partial charge < -0.3 is 19.5 Å². The fraction of sp³-hybridized carbons (Fsp3) is 0.650. The highest BCUT2D eigenvalue weighted by Gasteiger charge is 2.33. The number of carbonyl (C=O) groups is 1. The minimum atomic E-state index is -0.635. The van der Waals surface area contributed by atoms with E-state index in [9.17, 15) is 14.9 Å². The van der Waals surface area contributed by atoms with E-state index in [-0.39, 0.29) is 28.9 Å². The molecule has 1 heterocycles. The van der Waals surface area contributed by atoms with Crippen molar-refractivity contribution in [3.63, 3.8) is 0 Å². The Labute approximate surface area is 171 Å². The van der Waals surface area contributed by atoms with E-state index in [1.165, 1.54) is 27.4 Å². The number of unbranched alkanes of at least 4 members (excludes halogenated alkanes) is 1. The monoisotopic (exact) mass is 409 g/mol. The Morgan fingerprint density at radius 3 is 2.55 bits per heavy atom. The Hall–Kier alpha value is -2.55. The molecular formula is C20H31N3O6. The van der Waals surface area contributed by atoms with Crippen molar-refractivity contribution in [2.75, 3.05) is 41.0 Å². The van der Waals surface area contributed by atoms with Gasteiger partial charge in [0.2, 0.25) is 11.5 Å². The average molecular weight is 409 g/mol. The van der Waals surface area contributed by atoms with E-state index in [0.29, 0.717) is 6.54 Å². The van der Waals surface area contributed by atoms with E-state index < -0.39 is 16.5 Å². The Kier molecular flexibility index (Phi) is 8.50. The van der Waals surface area contributed by atoms with Crippen LogP contribution in [0, 0.1) is 10.1 Å². The fourth-order valence-electron chi connectivity index (χ4n) is 3.75. The van der Waals surface area contributed by atoms with Gasteiger partial charge in [-0.05, 0) is 32.4 Å². The first-order chi connectivity index (χ1) is 14.0. The highest BCUT2D eigenvalue weighted by molar-refractivity contribution is 6.00. The number of hydrogen-bond acceptors (Lipinski definition) is 7. The van der Waals surface area contributed by atoms with Gasteiger partial charge in [-0.1, -0.05) is 19.8 Å². The SMILES string of the molecule is CCCCN1CCCCC1CNC(=O)c1cc(OC)c(OC)c(OC)c1[N+](=O)[O-]. The van der Waals surface area contributed by atoms with Gasteiger partial charge in [0.15, 0.2) is 5.75 Å². The molecule has 0 bridgehead atoms. The first-order valence-electron chi connectivity index (χ1n) is 9.98. The van der Waals surface area contributed by atoms with Crippen LogP contribution in [-0.4, -0.2) is 62.7 Å². The first kappa shape index (κ1) is 22.7. The molecule has 0 aliphatic carbocycles. The maximum atomic E-state index is 12.9. The molecule has 1 atom stereocenters. The topological polar surface area (TPSA) is 103 Å². The largest absolute Gasteiger partial charge is 0.493 e. The molecule has 1 fully saturated rings. The Bertz CT molecular complexity index is 725. The van der Waals surface area contributed by atoms with Gasteiger partial charge in [0.1, 0.15) is 5.56 Å². The molecule has 0 spiro atoms. The van der Waals surface area contributed by atoms with Gasteiger partial charge in [-0.3, -0.25) is 19.8 Å². The molecule has 0 radical (unpaired) electrons. The maximum Gasteiger partial charge on any atom is 0.327 e. The molecule has 1 aliphatic rings. The highest BCUT2D eigenvalue weighted by atomic mass is 16.6. The molecule has 1 amide bonds. The molecule has 1 N–H and O–H groups in total. The van der Waals surface area contributed by atoms with Crippen LogP contribution < -0.4 is 19.5 Å². The lowest BCUT2D eigenvalue weighted by molar-refractivity contribution is -0.386. The molecule has 1 saturated heterocycles. The van der Waals surface area contributed by atoms with Crippen LogP contribution in [0.5, 0.6) is 17.2 Å². The van der Waals surface area contributed by atoms with Crippen molar-refractivity contribution < 1.29 is 23.9 Å². The minimum absolute atomic E-state index is 0.0799. The molecule has 2 rings (SSSR count). The second-order valence-corrected chi connectivity index (χ2v) is 7.05. The zero-order valence-electron chi connectivity index (χ0n) is 17.7. The van der Waals surface area contributed by atoms with Crippen LogP contribution in [0.3, 0.4) is 0 Å². The number of piperidine rings is 1. The molecule has 9 heteroatoms. The van der Waals surface area contributed by atoms with Gasteiger partial charge in [-0.2, -0.15) is 0 Å². The molecule has 0 aromatic heterocycles. The van der Waals surface area contributed by atoms with Crippen LogP contribution in [0.2, 0.25) is 0 Å². The van der Waals surface area contributed by atoms with Gasteiger partial charge >= 0.3 is 5.69 Å². The summed E-state index contributed by atoms with van der Waals surface area (Å²) >= 11 is 0. The van der Waals surface area contributed by atoms with Gasteiger partial charge in [0.25, 0.3) is 5.91 Å². The average Bonchev–Trinajstić information content (AvgIpc) is 2.74. The molecule has 1 aliphatic heterocycles. The lowest BCUT2D eigenvalue weighted by atomic mass is 10.0. The van der Waals surface area contributed by atoms with E-state index >= 15 is 0 Å². The van der Waals surface area contributed by atoms with Crippen molar-refractivity contribution in [1.82, 2.24) is 10.2 Å². The molecule has 29 heavy (non-hydrogen) atoms. The number of carbonyl (C=O) groups excluding carboxylic acids is 1. The van der Waals surface area contributed by atoms with Crippen molar-refractivity contribution in [3.05, 3.63) is 21.7 Å². The number of nitro benzene ring substituents is 1. The number of nitro groups is 1. The van der Waals surface area contributed by atoms with Crippen LogP contribution in [0.25, 0.3) is 0 Å². The maximum absolute atomic E-state index is 12.9. The fourth-order valence-corrected chi connectivity index (χ4v) is 3.75. The normalized spacial score (nSPS) is 16.9. The smallest absolute Gasteiger partial charge is 0.327 e. The van der Waals surface area contributed by atoms with E-state index in [0.717, 1.165) is 45.2 Å². The summed E-state index contributed by atoms with van der Waals surface area (Å²) in [6, 6.07) is 1.56. The number of rotatable bonds is 10. The quantitative estimate of drug-likeness (QED) is 0.468. The summed E-state index contributed by atoms with van der Waals surface area (Å²) in [5.74, 6) is -0.389. The molecule has 1 aromatic carbocycles. The van der Waals surface area contributed by atoms with Crippen LogP contribution in [0.1, 0.15) is 49.4 Å². The summed E-state index contributed by atoms with van der Waals surface area (Å²) in [4.78, 5) is 26.3. The van der Waals surface area contributed by atoms with Gasteiger partial charge in [-0.15, -0.1) is 0 Å². The number of benzene rings is 1. The summed E-state index contributed by atoms with van der Waals surface area (Å²) < 4.78 is 15.6. The van der Waals surface area contributed by atoms with Gasteiger partial charge in [0.05, 0.1) is 26.3 Å². The Balaban J connectivity index is 2.26. The van der Waals surface area contributed by atoms with Crippen LogP contribution >= 0.6 is 0 Å². The summed E-state index contributed by atoms with van der Waals surface area (Å²) in [6.07, 6.45) is 5.51. The third-order valence-electron chi connectivity index (χ3n) is 5.28. The number of ether oxygens (including phenoxy) is 3. The van der Waals surface area contributed by atoms with E-state index in [4.69, 9.17) is 14.2 Å². The first-order valence-corrected chi connectivity index (χ1v) is 9.98. The van der Waals surface area contributed by atoms with Gasteiger partial charge in [0, 0.05) is 18.7 Å². The van der Waals surface area contributed by atoms with E-state index in [1.807, 2.05) is 0 Å². The van der Waals surface area contributed by atoms with Crippen molar-refractivity contribution >= 4 is 11.6 Å². The number of nitrogens with zero attached hydrogens (tertiary/aromatic N) is 2. The van der Waals surface area contributed by atoms with Crippen molar-refractivity contribution in [3.8, 4) is 17.2 Å². The molecule has 1 unspecified atom stereocenters. The predicted molar refractivity (Wildman–Crippen MR) is 109 cm³/mol. The summed E-state index contributed by atoms with van der Waals surface area (Å²) in [5.41, 5.74) is -0.547. The molecule has 9 nitrogen and oxygen atoms in total. The van der Waals surface area contributed by atoms with Crippen LogP contribution in [0.4, 0.5) is 5.69 Å². The second-order valence-electron chi connectivity index (χ2n) is 7.05. The van der Waals surface area contributed by atoms with Crippen molar-refractivity contribution in [2.24, 2.45) is 0 Å². The minimum Gasteiger partial charge on any atom is -0.493 e. The number of amides is 1. The molecular weight excluding hydrogens is 378 g/mol. The third kappa shape index (κ3) is 5.29. The van der Waals surface area contributed by atoms with E-state index in [1.54, 1.807) is 0 Å². The zero-order valence-corrected chi connectivity index (χ0v) is 17.7. The molecule has 162 valence electrons. The summed E-state index contributed by atoms with van der Waals surface area (Å²) in [7, 11) is 4.05. The molecule has 0 saturated carbocycles. The highest BCUT2D eigenvalue weighted by Crippen LogP contribution is 2.46.